The van der Waals surface area contributed by atoms with E-state index in [1.807, 2.05) is 0 Å². The molecule has 1 N–H and O–H groups in total. The lowest BCUT2D eigenvalue weighted by atomic mass is 10.1. The van der Waals surface area contributed by atoms with Gasteiger partial charge >= 0.3 is 0 Å². The molecule has 1 aromatic carbocycles. The normalized spacial score (nSPS) is 10.1. The quantitative estimate of drug-likeness (QED) is 0.691. The molecule has 0 aliphatic carbocycles. The van der Waals surface area contributed by atoms with Gasteiger partial charge in [0.2, 0.25) is 0 Å². The van der Waals surface area contributed by atoms with Crippen LogP contribution in [0.3, 0.4) is 0 Å². The monoisotopic (exact) mass is 158 g/mol. The molecular weight excluding hydrogens is 150 g/mol. The minimum absolute atomic E-state index is 0.0944. The second kappa shape index (κ2) is 3.44. The molecule has 0 aliphatic rings. The van der Waals surface area contributed by atoms with E-state index in [1.54, 1.807) is 0 Å². The first-order valence-electron chi connectivity index (χ1n) is 3.28. The van der Waals surface area contributed by atoms with Crippen molar-refractivity contribution in [2.75, 3.05) is 6.61 Å². The fourth-order valence-electron chi connectivity index (χ4n) is 0.884. The number of aliphatic hydroxyl groups excluding tert-OH is 1. The van der Waals surface area contributed by atoms with Crippen LogP contribution in [0, 0.1) is 11.6 Å². The molecule has 0 saturated heterocycles. The molecule has 60 valence electrons. The molecule has 0 fully saturated rings. The average molecular weight is 158 g/mol. The summed E-state index contributed by atoms with van der Waals surface area (Å²) >= 11 is 0. The van der Waals surface area contributed by atoms with Crippen molar-refractivity contribution in [3.8, 4) is 0 Å². The standard InChI is InChI=1S/C8H8F2O/c9-7-3-6(1-2-11)4-8(10)5-7/h3-5,11H,1-2H2. The van der Waals surface area contributed by atoms with Crippen LogP contribution in [0.2, 0.25) is 0 Å². The summed E-state index contributed by atoms with van der Waals surface area (Å²) in [6.07, 6.45) is 0.286. The summed E-state index contributed by atoms with van der Waals surface area (Å²) in [5.74, 6) is -1.21. The molecule has 11 heavy (non-hydrogen) atoms. The maximum atomic E-state index is 12.4. The van der Waals surface area contributed by atoms with Crippen LogP contribution in [0.15, 0.2) is 18.2 Å². The van der Waals surface area contributed by atoms with Gasteiger partial charge in [-0.15, -0.1) is 0 Å². The van der Waals surface area contributed by atoms with Gasteiger partial charge in [-0.2, -0.15) is 0 Å². The molecule has 3 heteroatoms. The van der Waals surface area contributed by atoms with Crippen LogP contribution in [0.5, 0.6) is 0 Å². The highest BCUT2D eigenvalue weighted by atomic mass is 19.1. The highest BCUT2D eigenvalue weighted by molar-refractivity contribution is 5.17. The van der Waals surface area contributed by atoms with E-state index in [1.165, 1.54) is 12.1 Å². The van der Waals surface area contributed by atoms with Crippen molar-refractivity contribution in [1.29, 1.82) is 0 Å². The predicted octanol–water partition coefficient (Wildman–Crippen LogP) is 1.50. The first-order chi connectivity index (χ1) is 5.22. The Morgan fingerprint density at radius 2 is 1.64 bits per heavy atom. The maximum Gasteiger partial charge on any atom is 0.126 e. The van der Waals surface area contributed by atoms with Gasteiger partial charge in [0.05, 0.1) is 0 Å². The SMILES string of the molecule is OCCc1cc(F)cc(F)c1. The number of halogens is 2. The van der Waals surface area contributed by atoms with Gasteiger partial charge in [-0.25, -0.2) is 8.78 Å². The van der Waals surface area contributed by atoms with Crippen molar-refractivity contribution in [2.24, 2.45) is 0 Å². The molecule has 0 bridgehead atoms. The topological polar surface area (TPSA) is 20.2 Å². The summed E-state index contributed by atoms with van der Waals surface area (Å²) in [6, 6.07) is 3.22. The number of benzene rings is 1. The van der Waals surface area contributed by atoms with Crippen molar-refractivity contribution in [1.82, 2.24) is 0 Å². The fourth-order valence-corrected chi connectivity index (χ4v) is 0.884. The lowest BCUT2D eigenvalue weighted by molar-refractivity contribution is 0.299. The van der Waals surface area contributed by atoms with E-state index in [-0.39, 0.29) is 13.0 Å². The lowest BCUT2D eigenvalue weighted by Crippen LogP contribution is -1.92. The maximum absolute atomic E-state index is 12.4. The van der Waals surface area contributed by atoms with E-state index in [0.29, 0.717) is 5.56 Å². The van der Waals surface area contributed by atoms with E-state index in [4.69, 9.17) is 5.11 Å². The number of aliphatic hydroxyl groups is 1. The smallest absolute Gasteiger partial charge is 0.126 e. The molecule has 0 saturated carbocycles. The third-order valence-electron chi connectivity index (χ3n) is 1.32. The van der Waals surface area contributed by atoms with Crippen molar-refractivity contribution < 1.29 is 13.9 Å². The number of hydrogen-bond acceptors (Lipinski definition) is 1. The van der Waals surface area contributed by atoms with Gasteiger partial charge < -0.3 is 5.11 Å². The molecule has 0 aromatic heterocycles. The zero-order chi connectivity index (χ0) is 8.27. The van der Waals surface area contributed by atoms with E-state index in [9.17, 15) is 8.78 Å². The molecule has 0 amide bonds. The Labute approximate surface area is 63.3 Å². The second-order valence-corrected chi connectivity index (χ2v) is 2.25. The first kappa shape index (κ1) is 8.14. The van der Waals surface area contributed by atoms with E-state index in [2.05, 4.69) is 0 Å². The van der Waals surface area contributed by atoms with Crippen molar-refractivity contribution in [2.45, 2.75) is 6.42 Å². The Bertz CT molecular complexity index is 228. The lowest BCUT2D eigenvalue weighted by Gasteiger charge is -1.97. The zero-order valence-corrected chi connectivity index (χ0v) is 5.85. The third kappa shape index (κ3) is 2.27. The molecule has 0 radical (unpaired) electrons. The molecular formula is C8H8F2O. The summed E-state index contributed by atoms with van der Waals surface area (Å²) in [7, 11) is 0. The van der Waals surface area contributed by atoms with Crippen LogP contribution in [-0.2, 0) is 6.42 Å². The highest BCUT2D eigenvalue weighted by Crippen LogP contribution is 2.07. The van der Waals surface area contributed by atoms with Crippen LogP contribution in [0.1, 0.15) is 5.56 Å². The average Bonchev–Trinajstić information content (AvgIpc) is 1.85. The summed E-state index contributed by atoms with van der Waals surface area (Å²) in [5, 5.41) is 8.46. The summed E-state index contributed by atoms with van der Waals surface area (Å²) in [4.78, 5) is 0. The van der Waals surface area contributed by atoms with E-state index < -0.39 is 11.6 Å². The van der Waals surface area contributed by atoms with Crippen LogP contribution >= 0.6 is 0 Å². The summed E-state index contributed by atoms with van der Waals surface area (Å²) in [6.45, 7) is -0.0944. The number of rotatable bonds is 2. The minimum Gasteiger partial charge on any atom is -0.396 e. The Morgan fingerprint density at radius 1 is 1.09 bits per heavy atom. The van der Waals surface area contributed by atoms with Crippen molar-refractivity contribution in [3.63, 3.8) is 0 Å². The van der Waals surface area contributed by atoms with Crippen molar-refractivity contribution >= 4 is 0 Å². The Hall–Kier alpha value is -0.960. The van der Waals surface area contributed by atoms with Gasteiger partial charge in [-0.05, 0) is 24.1 Å². The summed E-state index contributed by atoms with van der Waals surface area (Å²) < 4.78 is 24.9. The Balaban J connectivity index is 2.89. The van der Waals surface area contributed by atoms with E-state index in [0.717, 1.165) is 6.07 Å². The van der Waals surface area contributed by atoms with Crippen LogP contribution in [-0.4, -0.2) is 11.7 Å². The van der Waals surface area contributed by atoms with Crippen molar-refractivity contribution in [3.05, 3.63) is 35.4 Å². The van der Waals surface area contributed by atoms with E-state index >= 15 is 0 Å². The Kier molecular flexibility index (Phi) is 2.54. The van der Waals surface area contributed by atoms with Gasteiger partial charge in [0.1, 0.15) is 11.6 Å². The first-order valence-corrected chi connectivity index (χ1v) is 3.28. The highest BCUT2D eigenvalue weighted by Gasteiger charge is 1.98. The molecule has 0 spiro atoms. The molecule has 1 nitrogen and oxygen atoms in total. The second-order valence-electron chi connectivity index (χ2n) is 2.25. The molecule has 1 rings (SSSR count). The zero-order valence-electron chi connectivity index (χ0n) is 5.85. The minimum atomic E-state index is -0.603. The molecule has 0 atom stereocenters. The fraction of sp³-hybridized carbons (Fsp3) is 0.250. The van der Waals surface area contributed by atoms with Gasteiger partial charge in [-0.3, -0.25) is 0 Å². The molecule has 0 aliphatic heterocycles. The van der Waals surface area contributed by atoms with Gasteiger partial charge in [-0.1, -0.05) is 0 Å². The molecule has 0 unspecified atom stereocenters. The van der Waals surface area contributed by atoms with Crippen LogP contribution in [0.4, 0.5) is 8.78 Å². The van der Waals surface area contributed by atoms with Gasteiger partial charge in [0, 0.05) is 12.7 Å². The molecule has 1 aromatic rings. The molecule has 0 heterocycles. The predicted molar refractivity (Wildman–Crippen MR) is 37.1 cm³/mol. The Morgan fingerprint density at radius 3 is 2.09 bits per heavy atom. The largest absolute Gasteiger partial charge is 0.396 e. The van der Waals surface area contributed by atoms with Crippen LogP contribution in [0.25, 0.3) is 0 Å². The van der Waals surface area contributed by atoms with Gasteiger partial charge in [0.15, 0.2) is 0 Å². The van der Waals surface area contributed by atoms with Gasteiger partial charge in [0.25, 0.3) is 0 Å². The summed E-state index contributed by atoms with van der Waals surface area (Å²) in [5.41, 5.74) is 0.477. The number of hydrogen-bond donors (Lipinski definition) is 1. The van der Waals surface area contributed by atoms with Crippen LogP contribution < -0.4 is 0 Å². The third-order valence-corrected chi connectivity index (χ3v) is 1.32.